The van der Waals surface area contributed by atoms with Gasteiger partial charge in [-0.05, 0) is 42.9 Å². The molecule has 8 heteroatoms. The summed E-state index contributed by atoms with van der Waals surface area (Å²) in [7, 11) is 1.78. The standard InChI is InChI=1S/C21H27ClN6O/c1-23-21(26-12-16-6-7-19(25-11-16)29-14-15-4-5-15)27-17-8-10-28(13-17)20-18(22)3-2-9-24-20/h2-3,6-7,9,11,15,17H,4-5,8,10,12-14H2,1H3,(H2,23,26,27). The van der Waals surface area contributed by atoms with Gasteiger partial charge >= 0.3 is 0 Å². The van der Waals surface area contributed by atoms with Gasteiger partial charge in [0, 0.05) is 51.2 Å². The Morgan fingerprint density at radius 2 is 2.17 bits per heavy atom. The number of hydrogen-bond acceptors (Lipinski definition) is 5. The maximum Gasteiger partial charge on any atom is 0.213 e. The molecule has 2 aromatic heterocycles. The molecule has 7 nitrogen and oxygen atoms in total. The number of rotatable bonds is 7. The monoisotopic (exact) mass is 414 g/mol. The van der Waals surface area contributed by atoms with Crippen molar-refractivity contribution in [3.8, 4) is 5.88 Å². The molecule has 0 radical (unpaired) electrons. The van der Waals surface area contributed by atoms with E-state index in [-0.39, 0.29) is 6.04 Å². The summed E-state index contributed by atoms with van der Waals surface area (Å²) in [6.45, 7) is 3.19. The van der Waals surface area contributed by atoms with E-state index in [2.05, 4.69) is 30.5 Å². The van der Waals surface area contributed by atoms with E-state index in [0.717, 1.165) is 49.4 Å². The molecule has 1 unspecified atom stereocenters. The Hall–Kier alpha value is -2.54. The Labute approximate surface area is 176 Å². The summed E-state index contributed by atoms with van der Waals surface area (Å²) in [5, 5.41) is 7.53. The summed E-state index contributed by atoms with van der Waals surface area (Å²) in [5.41, 5.74) is 1.08. The average Bonchev–Trinajstić information content (AvgIpc) is 3.47. The molecule has 2 fully saturated rings. The van der Waals surface area contributed by atoms with E-state index in [0.29, 0.717) is 17.4 Å². The molecule has 0 aromatic carbocycles. The zero-order valence-electron chi connectivity index (χ0n) is 16.6. The lowest BCUT2D eigenvalue weighted by Gasteiger charge is -2.20. The van der Waals surface area contributed by atoms with E-state index in [4.69, 9.17) is 16.3 Å². The molecule has 2 N–H and O–H groups in total. The number of hydrogen-bond donors (Lipinski definition) is 2. The predicted octanol–water partition coefficient (Wildman–Crippen LogP) is 2.86. The second kappa shape index (κ2) is 9.31. The Morgan fingerprint density at radius 3 is 2.90 bits per heavy atom. The number of ether oxygens (including phenoxy) is 1. The summed E-state index contributed by atoms with van der Waals surface area (Å²) in [6, 6.07) is 7.98. The topological polar surface area (TPSA) is 74.7 Å². The fourth-order valence-electron chi connectivity index (χ4n) is 3.34. The number of aromatic nitrogens is 2. The van der Waals surface area contributed by atoms with Gasteiger partial charge in [-0.25, -0.2) is 9.97 Å². The first kappa shape index (κ1) is 19.8. The molecule has 2 aromatic rings. The highest BCUT2D eigenvalue weighted by molar-refractivity contribution is 6.32. The maximum atomic E-state index is 6.28. The van der Waals surface area contributed by atoms with Crippen molar-refractivity contribution >= 4 is 23.4 Å². The normalized spacial score (nSPS) is 19.3. The van der Waals surface area contributed by atoms with Crippen LogP contribution in [0.1, 0.15) is 24.8 Å². The third kappa shape index (κ3) is 5.50. The van der Waals surface area contributed by atoms with Crippen molar-refractivity contribution in [3.05, 3.63) is 47.2 Å². The lowest BCUT2D eigenvalue weighted by Crippen LogP contribution is -2.44. The van der Waals surface area contributed by atoms with E-state index in [1.807, 2.05) is 30.5 Å². The number of anilines is 1. The minimum Gasteiger partial charge on any atom is -0.477 e. The Bertz CT molecular complexity index is 839. The van der Waals surface area contributed by atoms with Gasteiger partial charge in [-0.1, -0.05) is 17.7 Å². The Kier molecular flexibility index (Phi) is 6.34. The molecular weight excluding hydrogens is 388 g/mol. The highest BCUT2D eigenvalue weighted by Gasteiger charge is 2.25. The van der Waals surface area contributed by atoms with Gasteiger partial charge < -0.3 is 20.3 Å². The third-order valence-electron chi connectivity index (χ3n) is 5.21. The molecule has 2 aliphatic rings. The summed E-state index contributed by atoms with van der Waals surface area (Å²) in [6.07, 6.45) is 7.19. The first-order chi connectivity index (χ1) is 14.2. The third-order valence-corrected chi connectivity index (χ3v) is 5.51. The lowest BCUT2D eigenvalue weighted by molar-refractivity contribution is 0.288. The smallest absolute Gasteiger partial charge is 0.213 e. The van der Waals surface area contributed by atoms with Crippen LogP contribution >= 0.6 is 11.6 Å². The largest absolute Gasteiger partial charge is 0.477 e. The highest BCUT2D eigenvalue weighted by Crippen LogP contribution is 2.29. The molecular formula is C21H27ClN6O. The van der Waals surface area contributed by atoms with Crippen LogP contribution in [-0.4, -0.2) is 48.7 Å². The lowest BCUT2D eigenvalue weighted by atomic mass is 10.2. The first-order valence-electron chi connectivity index (χ1n) is 10.1. The summed E-state index contributed by atoms with van der Waals surface area (Å²) in [4.78, 5) is 15.3. The van der Waals surface area contributed by atoms with Gasteiger partial charge in [-0.2, -0.15) is 0 Å². The molecule has 4 rings (SSSR count). The van der Waals surface area contributed by atoms with Crippen LogP contribution in [0.15, 0.2) is 41.7 Å². The van der Waals surface area contributed by atoms with Crippen molar-refractivity contribution < 1.29 is 4.74 Å². The van der Waals surface area contributed by atoms with Crippen LogP contribution in [0.5, 0.6) is 5.88 Å². The molecule has 1 atom stereocenters. The van der Waals surface area contributed by atoms with Crippen LogP contribution in [0.4, 0.5) is 5.82 Å². The number of nitrogens with zero attached hydrogens (tertiary/aromatic N) is 4. The zero-order valence-corrected chi connectivity index (χ0v) is 17.4. The van der Waals surface area contributed by atoms with Gasteiger partial charge in [0.1, 0.15) is 5.82 Å². The average molecular weight is 415 g/mol. The predicted molar refractivity (Wildman–Crippen MR) is 116 cm³/mol. The SMILES string of the molecule is CN=C(NCc1ccc(OCC2CC2)nc1)NC1CCN(c2ncccc2Cl)C1. The first-order valence-corrected chi connectivity index (χ1v) is 10.5. The summed E-state index contributed by atoms with van der Waals surface area (Å²) >= 11 is 6.28. The van der Waals surface area contributed by atoms with E-state index in [1.165, 1.54) is 12.8 Å². The van der Waals surface area contributed by atoms with Gasteiger partial charge in [0.05, 0.1) is 11.6 Å². The number of nitrogens with one attached hydrogen (secondary N) is 2. The molecule has 1 aliphatic heterocycles. The second-order valence-corrected chi connectivity index (χ2v) is 7.98. The van der Waals surface area contributed by atoms with E-state index < -0.39 is 0 Å². The number of aliphatic imine (C=N–C) groups is 1. The van der Waals surface area contributed by atoms with Crippen molar-refractivity contribution in [2.24, 2.45) is 10.9 Å². The minimum atomic E-state index is 0.288. The summed E-state index contributed by atoms with van der Waals surface area (Å²) in [5.74, 6) is 3.05. The number of pyridine rings is 2. The van der Waals surface area contributed by atoms with Gasteiger partial charge in [-0.15, -0.1) is 0 Å². The van der Waals surface area contributed by atoms with Gasteiger partial charge in [0.2, 0.25) is 5.88 Å². The molecule has 0 spiro atoms. The van der Waals surface area contributed by atoms with E-state index in [1.54, 1.807) is 13.2 Å². The van der Waals surface area contributed by atoms with Crippen LogP contribution in [0.25, 0.3) is 0 Å². The Balaban J connectivity index is 1.24. The summed E-state index contributed by atoms with van der Waals surface area (Å²) < 4.78 is 5.69. The molecule has 0 amide bonds. The fraction of sp³-hybridized carbons (Fsp3) is 0.476. The highest BCUT2D eigenvalue weighted by atomic mass is 35.5. The van der Waals surface area contributed by atoms with E-state index >= 15 is 0 Å². The number of guanidine groups is 1. The van der Waals surface area contributed by atoms with Crippen LogP contribution in [-0.2, 0) is 6.54 Å². The van der Waals surface area contributed by atoms with Crippen LogP contribution in [0, 0.1) is 5.92 Å². The molecule has 0 bridgehead atoms. The van der Waals surface area contributed by atoms with Crippen molar-refractivity contribution in [1.82, 2.24) is 20.6 Å². The van der Waals surface area contributed by atoms with Crippen LogP contribution < -0.4 is 20.3 Å². The quantitative estimate of drug-likeness (QED) is 0.536. The second-order valence-electron chi connectivity index (χ2n) is 7.57. The number of halogens is 1. The van der Waals surface area contributed by atoms with Crippen molar-refractivity contribution in [2.45, 2.75) is 31.8 Å². The maximum absolute atomic E-state index is 6.28. The Morgan fingerprint density at radius 1 is 1.28 bits per heavy atom. The van der Waals surface area contributed by atoms with Crippen LogP contribution in [0.3, 0.4) is 0 Å². The zero-order chi connectivity index (χ0) is 20.1. The van der Waals surface area contributed by atoms with Crippen molar-refractivity contribution in [1.29, 1.82) is 0 Å². The van der Waals surface area contributed by atoms with Gasteiger partial charge in [-0.3, -0.25) is 4.99 Å². The fourth-order valence-corrected chi connectivity index (χ4v) is 3.58. The molecule has 154 valence electrons. The van der Waals surface area contributed by atoms with Crippen LogP contribution in [0.2, 0.25) is 5.02 Å². The van der Waals surface area contributed by atoms with E-state index in [9.17, 15) is 0 Å². The minimum absolute atomic E-state index is 0.288. The van der Waals surface area contributed by atoms with Gasteiger partial charge in [0.15, 0.2) is 5.96 Å². The molecule has 1 saturated heterocycles. The molecule has 3 heterocycles. The van der Waals surface area contributed by atoms with Gasteiger partial charge in [0.25, 0.3) is 0 Å². The molecule has 1 saturated carbocycles. The van der Waals surface area contributed by atoms with Crippen molar-refractivity contribution in [2.75, 3.05) is 31.6 Å². The van der Waals surface area contributed by atoms with Crippen molar-refractivity contribution in [3.63, 3.8) is 0 Å². The molecule has 1 aliphatic carbocycles. The molecule has 29 heavy (non-hydrogen) atoms.